The summed E-state index contributed by atoms with van der Waals surface area (Å²) in [5.41, 5.74) is 1.01. The van der Waals surface area contributed by atoms with Gasteiger partial charge in [-0.05, 0) is 48.4 Å². The number of fused-ring (bicyclic) bond motifs is 1. The standard InChI is InChI=1S/C25H18F4N2O3S2/c26-23-3-1-2-16(31-23)14-36(32,33)17-5-7-20-19(8-10-34-22(20)13-17)18-6-4-15(25(27,28)29)12-21(18)24-30-9-11-35-24/h1-7,9,11-13,19H,8,10,14H2/t19-/m1/s1. The summed E-state index contributed by atoms with van der Waals surface area (Å²) in [4.78, 5) is 7.83. The Bertz CT molecular complexity index is 1520. The Morgan fingerprint density at radius 3 is 2.58 bits per heavy atom. The fraction of sp³-hybridized carbons (Fsp3) is 0.200. The lowest BCUT2D eigenvalue weighted by Crippen LogP contribution is -2.17. The van der Waals surface area contributed by atoms with Crippen LogP contribution in [0.2, 0.25) is 0 Å². The molecule has 4 aromatic rings. The van der Waals surface area contributed by atoms with Crippen molar-refractivity contribution in [2.45, 2.75) is 29.2 Å². The first-order valence-corrected chi connectivity index (χ1v) is 13.4. The third kappa shape index (κ3) is 4.85. The van der Waals surface area contributed by atoms with Gasteiger partial charge in [0, 0.05) is 28.6 Å². The Morgan fingerprint density at radius 2 is 1.86 bits per heavy atom. The van der Waals surface area contributed by atoms with E-state index in [0.29, 0.717) is 33.9 Å². The second kappa shape index (κ2) is 9.29. The monoisotopic (exact) mass is 534 g/mol. The highest BCUT2D eigenvalue weighted by atomic mass is 32.2. The van der Waals surface area contributed by atoms with Crippen LogP contribution in [0.15, 0.2) is 71.1 Å². The van der Waals surface area contributed by atoms with Crippen LogP contribution in [0.3, 0.4) is 0 Å². The van der Waals surface area contributed by atoms with E-state index in [1.165, 1.54) is 47.9 Å². The van der Waals surface area contributed by atoms with Crippen LogP contribution in [0.4, 0.5) is 17.6 Å². The number of thiazole rings is 1. The zero-order valence-corrected chi connectivity index (χ0v) is 20.1. The van der Waals surface area contributed by atoms with E-state index < -0.39 is 33.3 Å². The quantitative estimate of drug-likeness (QED) is 0.224. The van der Waals surface area contributed by atoms with Crippen molar-refractivity contribution in [2.24, 2.45) is 0 Å². The minimum absolute atomic E-state index is 0.0134. The van der Waals surface area contributed by atoms with E-state index in [2.05, 4.69) is 9.97 Å². The first kappa shape index (κ1) is 24.4. The van der Waals surface area contributed by atoms with E-state index in [9.17, 15) is 26.0 Å². The van der Waals surface area contributed by atoms with E-state index in [4.69, 9.17) is 4.74 Å². The highest BCUT2D eigenvalue weighted by molar-refractivity contribution is 7.90. The Labute approximate surface area is 208 Å². The van der Waals surface area contributed by atoms with Gasteiger partial charge >= 0.3 is 6.18 Å². The van der Waals surface area contributed by atoms with Crippen LogP contribution in [0.5, 0.6) is 5.75 Å². The number of pyridine rings is 1. The van der Waals surface area contributed by atoms with Crippen LogP contribution in [-0.2, 0) is 21.8 Å². The maximum Gasteiger partial charge on any atom is 0.416 e. The van der Waals surface area contributed by atoms with Crippen molar-refractivity contribution in [2.75, 3.05) is 6.61 Å². The average molecular weight is 535 g/mol. The molecule has 0 unspecified atom stereocenters. The summed E-state index contributed by atoms with van der Waals surface area (Å²) >= 11 is 1.24. The molecule has 1 atom stereocenters. The second-order valence-electron chi connectivity index (χ2n) is 8.24. The lowest BCUT2D eigenvalue weighted by atomic mass is 9.83. The molecular weight excluding hydrogens is 516 g/mol. The van der Waals surface area contributed by atoms with E-state index in [1.54, 1.807) is 11.4 Å². The van der Waals surface area contributed by atoms with Crippen molar-refractivity contribution in [1.82, 2.24) is 9.97 Å². The lowest BCUT2D eigenvalue weighted by Gasteiger charge is -2.28. The fourth-order valence-corrected chi connectivity index (χ4v) is 6.23. The molecule has 0 bridgehead atoms. The van der Waals surface area contributed by atoms with Crippen molar-refractivity contribution in [3.8, 4) is 16.3 Å². The summed E-state index contributed by atoms with van der Waals surface area (Å²) in [6, 6.07) is 12.0. The third-order valence-electron chi connectivity index (χ3n) is 5.91. The molecule has 0 spiro atoms. The number of aromatic nitrogens is 2. The zero-order chi connectivity index (χ0) is 25.5. The van der Waals surface area contributed by atoms with Crippen molar-refractivity contribution in [1.29, 1.82) is 0 Å². The molecule has 11 heteroatoms. The predicted molar refractivity (Wildman–Crippen MR) is 126 cm³/mol. The van der Waals surface area contributed by atoms with Gasteiger partial charge in [0.15, 0.2) is 9.84 Å². The van der Waals surface area contributed by atoms with Crippen LogP contribution in [0, 0.1) is 5.95 Å². The average Bonchev–Trinajstić information content (AvgIpc) is 3.37. The molecule has 3 heterocycles. The van der Waals surface area contributed by atoms with Crippen molar-refractivity contribution >= 4 is 21.2 Å². The minimum Gasteiger partial charge on any atom is -0.493 e. The first-order chi connectivity index (χ1) is 17.1. The molecule has 0 fully saturated rings. The molecule has 186 valence electrons. The summed E-state index contributed by atoms with van der Waals surface area (Å²) < 4.78 is 85.4. The van der Waals surface area contributed by atoms with E-state index in [0.717, 1.165) is 18.2 Å². The SMILES string of the molecule is O=S(=O)(Cc1cccc(F)n1)c1ccc2c(c1)OCC[C@@H]2c1ccc(C(F)(F)F)cc1-c1nccs1. The second-order valence-corrected chi connectivity index (χ2v) is 11.1. The lowest BCUT2D eigenvalue weighted by molar-refractivity contribution is -0.137. The van der Waals surface area contributed by atoms with E-state index in [1.807, 2.05) is 0 Å². The van der Waals surface area contributed by atoms with Crippen LogP contribution < -0.4 is 4.74 Å². The topological polar surface area (TPSA) is 69.2 Å². The number of rotatable bonds is 5. The van der Waals surface area contributed by atoms with Gasteiger partial charge in [-0.1, -0.05) is 18.2 Å². The normalized spacial score (nSPS) is 15.8. The molecule has 0 amide bonds. The molecule has 0 saturated heterocycles. The molecule has 5 rings (SSSR count). The molecule has 0 saturated carbocycles. The molecule has 2 aromatic heterocycles. The summed E-state index contributed by atoms with van der Waals surface area (Å²) in [5, 5.41) is 2.16. The number of ether oxygens (including phenoxy) is 1. The summed E-state index contributed by atoms with van der Waals surface area (Å²) in [7, 11) is -3.85. The van der Waals surface area contributed by atoms with Gasteiger partial charge in [0.25, 0.3) is 0 Å². The first-order valence-electron chi connectivity index (χ1n) is 10.8. The van der Waals surface area contributed by atoms with Gasteiger partial charge in [-0.3, -0.25) is 0 Å². The van der Waals surface area contributed by atoms with Crippen LogP contribution in [0.25, 0.3) is 10.6 Å². The van der Waals surface area contributed by atoms with E-state index in [-0.39, 0.29) is 23.1 Å². The molecule has 5 nitrogen and oxygen atoms in total. The van der Waals surface area contributed by atoms with Gasteiger partial charge in [0.05, 0.1) is 28.5 Å². The zero-order valence-electron chi connectivity index (χ0n) is 18.5. The highest BCUT2D eigenvalue weighted by Crippen LogP contribution is 2.44. The Hall–Kier alpha value is -3.31. The maximum atomic E-state index is 13.4. The largest absolute Gasteiger partial charge is 0.493 e. The minimum atomic E-state index is -4.50. The number of hydrogen-bond acceptors (Lipinski definition) is 6. The van der Waals surface area contributed by atoms with Crippen LogP contribution >= 0.6 is 11.3 Å². The molecule has 36 heavy (non-hydrogen) atoms. The number of benzene rings is 2. The maximum absolute atomic E-state index is 13.4. The number of halogens is 4. The summed E-state index contributed by atoms with van der Waals surface area (Å²) in [6.45, 7) is 0.255. The molecule has 0 radical (unpaired) electrons. The van der Waals surface area contributed by atoms with Crippen molar-refractivity contribution in [3.05, 3.63) is 94.5 Å². The Balaban J connectivity index is 1.53. The predicted octanol–water partition coefficient (Wildman–Crippen LogP) is 6.25. The van der Waals surface area contributed by atoms with Crippen LogP contribution in [-0.4, -0.2) is 25.0 Å². The van der Waals surface area contributed by atoms with Gasteiger partial charge < -0.3 is 4.74 Å². The number of hydrogen-bond donors (Lipinski definition) is 0. The van der Waals surface area contributed by atoms with Crippen molar-refractivity contribution < 1.29 is 30.7 Å². The third-order valence-corrected chi connectivity index (χ3v) is 8.37. The molecule has 1 aliphatic rings. The Morgan fingerprint density at radius 1 is 1.06 bits per heavy atom. The Kier molecular flexibility index (Phi) is 6.29. The summed E-state index contributed by atoms with van der Waals surface area (Å²) in [6.07, 6.45) is -2.47. The summed E-state index contributed by atoms with van der Waals surface area (Å²) in [5.74, 6) is -1.24. The molecule has 0 N–H and O–H groups in total. The van der Waals surface area contributed by atoms with Crippen molar-refractivity contribution in [3.63, 3.8) is 0 Å². The van der Waals surface area contributed by atoms with Gasteiger partial charge in [0.2, 0.25) is 5.95 Å². The van der Waals surface area contributed by atoms with Gasteiger partial charge in [-0.15, -0.1) is 11.3 Å². The molecular formula is C25H18F4N2O3S2. The fourth-order valence-electron chi connectivity index (χ4n) is 4.27. The van der Waals surface area contributed by atoms with Gasteiger partial charge in [-0.2, -0.15) is 17.6 Å². The highest BCUT2D eigenvalue weighted by Gasteiger charge is 2.33. The smallest absolute Gasteiger partial charge is 0.416 e. The van der Waals surface area contributed by atoms with E-state index >= 15 is 0 Å². The number of nitrogens with zero attached hydrogens (tertiary/aromatic N) is 2. The molecule has 1 aliphatic heterocycles. The van der Waals surface area contributed by atoms with Gasteiger partial charge in [0.1, 0.15) is 10.8 Å². The number of alkyl halides is 3. The van der Waals surface area contributed by atoms with Crippen LogP contribution in [0.1, 0.15) is 34.7 Å². The molecule has 2 aromatic carbocycles. The van der Waals surface area contributed by atoms with Gasteiger partial charge in [-0.25, -0.2) is 18.4 Å². The number of sulfone groups is 1. The molecule has 0 aliphatic carbocycles.